The molecule has 1 fully saturated rings. The molecule has 1 amide bonds. The van der Waals surface area contributed by atoms with Gasteiger partial charge in [0.2, 0.25) is 0 Å². The van der Waals surface area contributed by atoms with Gasteiger partial charge in [0.1, 0.15) is 5.69 Å². The average molecular weight is 304 g/mol. The Bertz CT molecular complexity index is 659. The topological polar surface area (TPSA) is 67.7 Å². The fraction of sp³-hybridized carbons (Fsp3) is 0.500. The van der Waals surface area contributed by atoms with Crippen LogP contribution in [0, 0.1) is 6.92 Å². The summed E-state index contributed by atoms with van der Waals surface area (Å²) in [5.41, 5.74) is 1.98. The first-order chi connectivity index (χ1) is 10.2. The smallest absolute Gasteiger partial charge is 0.270 e. The minimum absolute atomic E-state index is 0. The summed E-state index contributed by atoms with van der Waals surface area (Å²) in [6, 6.07) is 3.93. The molecule has 22 heavy (non-hydrogen) atoms. The maximum absolute atomic E-state index is 12.5. The zero-order chi connectivity index (χ0) is 14.8. The van der Waals surface area contributed by atoms with Crippen LogP contribution in [0.3, 0.4) is 0 Å². The maximum Gasteiger partial charge on any atom is 0.270 e. The second kappa shape index (κ2) is 6.79. The van der Waals surface area contributed by atoms with Crippen LogP contribution in [-0.4, -0.2) is 41.0 Å². The molecule has 0 unspecified atom stereocenters. The van der Waals surface area contributed by atoms with Crippen molar-refractivity contribution in [3.63, 3.8) is 0 Å². The van der Waals surface area contributed by atoms with Crippen molar-refractivity contribution in [3.05, 3.63) is 29.7 Å². The van der Waals surface area contributed by atoms with Gasteiger partial charge >= 0.3 is 0 Å². The summed E-state index contributed by atoms with van der Waals surface area (Å²) in [5.74, 6) is 0.618. The van der Waals surface area contributed by atoms with E-state index < -0.39 is 0 Å². The molecular weight excluding hydrogens is 280 g/mol. The van der Waals surface area contributed by atoms with Crippen LogP contribution in [0.2, 0.25) is 0 Å². The molecular formula is C16H24N4O2. The summed E-state index contributed by atoms with van der Waals surface area (Å²) >= 11 is 0. The Morgan fingerprint density at radius 1 is 1.59 bits per heavy atom. The monoisotopic (exact) mass is 304 g/mol. The highest BCUT2D eigenvalue weighted by molar-refractivity contribution is 5.95. The second-order valence-electron chi connectivity index (χ2n) is 5.21. The van der Waals surface area contributed by atoms with Gasteiger partial charge in [-0.2, -0.15) is 0 Å². The molecule has 0 spiro atoms. The first kappa shape index (κ1) is 16.3. The molecule has 1 aliphatic heterocycles. The highest BCUT2D eigenvalue weighted by Gasteiger charge is 2.22. The lowest BCUT2D eigenvalue weighted by molar-refractivity contribution is 0.0933. The van der Waals surface area contributed by atoms with E-state index in [1.807, 2.05) is 32.2 Å². The first-order valence-electron chi connectivity index (χ1n) is 7.32. The number of aromatic nitrogens is 2. The quantitative estimate of drug-likeness (QED) is 0.903. The number of nitrogens with zero attached hydrogens (tertiary/aromatic N) is 2. The Morgan fingerprint density at radius 3 is 3.09 bits per heavy atom. The summed E-state index contributed by atoms with van der Waals surface area (Å²) in [6.07, 6.45) is 2.81. The van der Waals surface area contributed by atoms with Crippen LogP contribution >= 0.6 is 0 Å². The van der Waals surface area contributed by atoms with E-state index in [9.17, 15) is 4.79 Å². The number of hydrogen-bond donors (Lipinski definition) is 2. The molecule has 0 aliphatic carbocycles. The van der Waals surface area contributed by atoms with Crippen molar-refractivity contribution in [1.29, 1.82) is 0 Å². The molecule has 2 N–H and O–H groups in total. The van der Waals surface area contributed by atoms with Gasteiger partial charge in [0.05, 0.1) is 12.3 Å². The Morgan fingerprint density at radius 2 is 2.41 bits per heavy atom. The molecule has 1 aliphatic rings. The lowest BCUT2D eigenvalue weighted by atomic mass is 10.2. The predicted octanol–water partition coefficient (Wildman–Crippen LogP) is 1.77. The van der Waals surface area contributed by atoms with Crippen LogP contribution in [0.15, 0.2) is 18.3 Å². The van der Waals surface area contributed by atoms with Gasteiger partial charge in [0.25, 0.3) is 5.91 Å². The minimum atomic E-state index is -0.0812. The molecule has 120 valence electrons. The Hall–Kier alpha value is -2.08. The van der Waals surface area contributed by atoms with Crippen molar-refractivity contribution in [2.24, 2.45) is 0 Å². The van der Waals surface area contributed by atoms with Crippen LogP contribution in [0.25, 0.3) is 5.65 Å². The van der Waals surface area contributed by atoms with Gasteiger partial charge in [-0.15, -0.1) is 0 Å². The number of hydrogen-bond acceptors (Lipinski definition) is 4. The van der Waals surface area contributed by atoms with Crippen LogP contribution in [0.5, 0.6) is 5.75 Å². The zero-order valence-electron chi connectivity index (χ0n) is 12.3. The summed E-state index contributed by atoms with van der Waals surface area (Å²) < 4.78 is 7.38. The second-order valence-corrected chi connectivity index (χ2v) is 5.21. The number of amides is 1. The average Bonchev–Trinajstić information content (AvgIpc) is 3.06. The molecule has 2 aromatic heterocycles. The molecule has 2 aromatic rings. The Balaban J connectivity index is 0.00000176. The molecule has 0 aromatic carbocycles. The molecule has 1 saturated heterocycles. The normalized spacial score (nSPS) is 17.3. The highest BCUT2D eigenvalue weighted by atomic mass is 16.5. The minimum Gasteiger partial charge on any atom is -0.490 e. The first-order valence-corrected chi connectivity index (χ1v) is 7.32. The molecule has 1 atom stereocenters. The van der Waals surface area contributed by atoms with Crippen molar-refractivity contribution >= 4 is 11.6 Å². The van der Waals surface area contributed by atoms with Crippen molar-refractivity contribution in [1.82, 2.24) is 20.0 Å². The van der Waals surface area contributed by atoms with E-state index in [-0.39, 0.29) is 19.4 Å². The van der Waals surface area contributed by atoms with Gasteiger partial charge in [-0.05, 0) is 38.9 Å². The van der Waals surface area contributed by atoms with Crippen LogP contribution in [-0.2, 0) is 0 Å². The number of carbonyl (C=O) groups excluding carboxylic acids is 1. The number of imidazole rings is 1. The van der Waals surface area contributed by atoms with Crippen molar-refractivity contribution < 1.29 is 9.53 Å². The standard InChI is InChI=1S/C15H20N4O2.CH4/c1-3-21-12-5-4-8-19-13(10(2)17-14(12)19)15(20)18-11-6-7-16-9-11;/h4-5,8,11,16H,3,6-7,9H2,1-2H3,(H,18,20);1H4/t11-;/m0./s1. The fourth-order valence-corrected chi connectivity index (χ4v) is 2.73. The molecule has 6 heteroatoms. The third-order valence-corrected chi connectivity index (χ3v) is 3.70. The number of nitrogens with one attached hydrogen (secondary N) is 2. The molecule has 3 heterocycles. The SMILES string of the molecule is C.CCOc1cccn2c(C(=O)N[C@H]3CCNC3)c(C)nc12. The largest absolute Gasteiger partial charge is 0.490 e. The lowest BCUT2D eigenvalue weighted by Crippen LogP contribution is -2.37. The van der Waals surface area contributed by atoms with E-state index in [1.54, 1.807) is 4.40 Å². The van der Waals surface area contributed by atoms with E-state index >= 15 is 0 Å². The van der Waals surface area contributed by atoms with E-state index in [0.29, 0.717) is 29.4 Å². The summed E-state index contributed by atoms with van der Waals surface area (Å²) in [7, 11) is 0. The van der Waals surface area contributed by atoms with E-state index in [2.05, 4.69) is 15.6 Å². The van der Waals surface area contributed by atoms with E-state index in [0.717, 1.165) is 19.5 Å². The van der Waals surface area contributed by atoms with Crippen molar-refractivity contribution in [2.45, 2.75) is 33.7 Å². The molecule has 0 radical (unpaired) electrons. The fourth-order valence-electron chi connectivity index (χ4n) is 2.73. The van der Waals surface area contributed by atoms with Gasteiger partial charge in [-0.3, -0.25) is 9.20 Å². The highest BCUT2D eigenvalue weighted by Crippen LogP contribution is 2.22. The lowest BCUT2D eigenvalue weighted by Gasteiger charge is -2.11. The number of aryl methyl sites for hydroxylation is 1. The Labute approximate surface area is 130 Å². The number of fused-ring (bicyclic) bond motifs is 1. The van der Waals surface area contributed by atoms with Gasteiger partial charge < -0.3 is 15.4 Å². The van der Waals surface area contributed by atoms with Gasteiger partial charge in [0, 0.05) is 18.8 Å². The van der Waals surface area contributed by atoms with Crippen LogP contribution < -0.4 is 15.4 Å². The van der Waals surface area contributed by atoms with Crippen LogP contribution in [0.1, 0.15) is 37.0 Å². The molecule has 0 bridgehead atoms. The van der Waals surface area contributed by atoms with Crippen molar-refractivity contribution in [3.8, 4) is 5.75 Å². The third-order valence-electron chi connectivity index (χ3n) is 3.70. The van der Waals surface area contributed by atoms with Crippen LogP contribution in [0.4, 0.5) is 0 Å². The molecule has 3 rings (SSSR count). The van der Waals surface area contributed by atoms with E-state index in [4.69, 9.17) is 4.74 Å². The number of pyridine rings is 1. The number of rotatable bonds is 4. The number of carbonyl (C=O) groups is 1. The molecule has 0 saturated carbocycles. The summed E-state index contributed by atoms with van der Waals surface area (Å²) in [4.78, 5) is 17.0. The predicted molar refractivity (Wildman–Crippen MR) is 86.6 cm³/mol. The van der Waals surface area contributed by atoms with Gasteiger partial charge in [-0.25, -0.2) is 4.98 Å². The number of ether oxygens (including phenoxy) is 1. The van der Waals surface area contributed by atoms with Gasteiger partial charge in [0.15, 0.2) is 11.4 Å². The van der Waals surface area contributed by atoms with Crippen molar-refractivity contribution in [2.75, 3.05) is 19.7 Å². The Kier molecular flexibility index (Phi) is 5.03. The summed E-state index contributed by atoms with van der Waals surface area (Å²) in [6.45, 7) is 6.13. The van der Waals surface area contributed by atoms with Gasteiger partial charge in [-0.1, -0.05) is 7.43 Å². The maximum atomic E-state index is 12.5. The summed E-state index contributed by atoms with van der Waals surface area (Å²) in [5, 5.41) is 6.31. The van der Waals surface area contributed by atoms with E-state index in [1.165, 1.54) is 0 Å². The third kappa shape index (κ3) is 2.92. The zero-order valence-corrected chi connectivity index (χ0v) is 12.3. The molecule has 6 nitrogen and oxygen atoms in total.